The van der Waals surface area contributed by atoms with Crippen molar-refractivity contribution >= 4 is 0 Å². The second-order valence-corrected chi connectivity index (χ2v) is 6.56. The Morgan fingerprint density at radius 1 is 1.20 bits per heavy atom. The molecule has 2 aliphatic carbocycles. The van der Waals surface area contributed by atoms with E-state index in [4.69, 9.17) is 0 Å². The molecule has 0 heterocycles. The van der Waals surface area contributed by atoms with Crippen LogP contribution in [0.3, 0.4) is 0 Å². The fraction of sp³-hybridized carbons (Fsp3) is 0.867. The second kappa shape index (κ2) is 3.64. The van der Waals surface area contributed by atoms with Crippen molar-refractivity contribution in [3.05, 3.63) is 12.7 Å². The Hall–Kier alpha value is -0.260. The number of hydrogen-bond donors (Lipinski definition) is 0. The van der Waals surface area contributed by atoms with Crippen molar-refractivity contribution in [2.45, 2.75) is 59.3 Å². The van der Waals surface area contributed by atoms with Gasteiger partial charge in [-0.15, -0.1) is 6.58 Å². The van der Waals surface area contributed by atoms with Crippen LogP contribution in [-0.2, 0) is 0 Å². The highest BCUT2D eigenvalue weighted by Crippen LogP contribution is 2.63. The third kappa shape index (κ3) is 1.57. The standard InChI is InChI=1S/C15H26/c1-5-13-8-10-15(13,4)14(3)9-6-7-12(2)11-14/h5,12-13H,1,6-11H2,2-4H3. The summed E-state index contributed by atoms with van der Waals surface area (Å²) in [5, 5.41) is 0. The van der Waals surface area contributed by atoms with Crippen molar-refractivity contribution in [1.82, 2.24) is 0 Å². The van der Waals surface area contributed by atoms with Crippen LogP contribution in [-0.4, -0.2) is 0 Å². The Balaban J connectivity index is 2.17. The number of allylic oxidation sites excluding steroid dienone is 1. The van der Waals surface area contributed by atoms with E-state index in [0.29, 0.717) is 10.8 Å². The van der Waals surface area contributed by atoms with Crippen LogP contribution in [0, 0.1) is 22.7 Å². The van der Waals surface area contributed by atoms with Gasteiger partial charge in [0, 0.05) is 0 Å². The summed E-state index contributed by atoms with van der Waals surface area (Å²) in [4.78, 5) is 0. The summed E-state index contributed by atoms with van der Waals surface area (Å²) in [6.45, 7) is 11.5. The van der Waals surface area contributed by atoms with E-state index in [1.165, 1.54) is 38.5 Å². The molecule has 0 aromatic heterocycles. The van der Waals surface area contributed by atoms with Crippen LogP contribution < -0.4 is 0 Å². The molecule has 0 amide bonds. The molecule has 2 fully saturated rings. The van der Waals surface area contributed by atoms with Crippen molar-refractivity contribution in [2.24, 2.45) is 22.7 Å². The highest BCUT2D eigenvalue weighted by Gasteiger charge is 2.54. The molecule has 2 rings (SSSR count). The summed E-state index contributed by atoms with van der Waals surface area (Å²) < 4.78 is 0. The van der Waals surface area contributed by atoms with Crippen LogP contribution in [0.25, 0.3) is 0 Å². The molecule has 2 saturated carbocycles. The zero-order valence-electron chi connectivity index (χ0n) is 10.7. The van der Waals surface area contributed by atoms with Gasteiger partial charge in [-0.3, -0.25) is 0 Å². The van der Waals surface area contributed by atoms with Gasteiger partial charge in [0.05, 0.1) is 0 Å². The SMILES string of the molecule is C=CC1CCC1(C)C1(C)CCCC(C)C1. The lowest BCUT2D eigenvalue weighted by molar-refractivity contribution is -0.0852. The summed E-state index contributed by atoms with van der Waals surface area (Å²) in [7, 11) is 0. The second-order valence-electron chi connectivity index (χ2n) is 6.56. The molecule has 0 aromatic carbocycles. The fourth-order valence-electron chi connectivity index (χ4n) is 4.20. The van der Waals surface area contributed by atoms with Crippen molar-refractivity contribution < 1.29 is 0 Å². The van der Waals surface area contributed by atoms with Gasteiger partial charge in [-0.05, 0) is 48.3 Å². The Labute approximate surface area is 95.1 Å². The first kappa shape index (κ1) is 11.2. The molecule has 4 atom stereocenters. The lowest BCUT2D eigenvalue weighted by Gasteiger charge is -2.59. The summed E-state index contributed by atoms with van der Waals surface area (Å²) in [6.07, 6.45) is 10.8. The molecule has 0 aliphatic heterocycles. The third-order valence-electron chi connectivity index (χ3n) is 5.68. The van der Waals surface area contributed by atoms with Crippen LogP contribution in [0.2, 0.25) is 0 Å². The quantitative estimate of drug-likeness (QED) is 0.569. The molecular weight excluding hydrogens is 180 g/mol. The molecule has 4 unspecified atom stereocenters. The van der Waals surface area contributed by atoms with Crippen molar-refractivity contribution in [1.29, 1.82) is 0 Å². The zero-order valence-corrected chi connectivity index (χ0v) is 10.7. The molecule has 0 radical (unpaired) electrons. The Bertz CT molecular complexity index is 255. The topological polar surface area (TPSA) is 0 Å². The van der Waals surface area contributed by atoms with E-state index in [9.17, 15) is 0 Å². The monoisotopic (exact) mass is 206 g/mol. The first-order valence-corrected chi connectivity index (χ1v) is 6.64. The van der Waals surface area contributed by atoms with Crippen LogP contribution in [0.4, 0.5) is 0 Å². The van der Waals surface area contributed by atoms with E-state index in [2.05, 4.69) is 33.4 Å². The predicted octanol–water partition coefficient (Wildman–Crippen LogP) is 4.81. The Morgan fingerprint density at radius 3 is 2.40 bits per heavy atom. The fourth-order valence-corrected chi connectivity index (χ4v) is 4.20. The van der Waals surface area contributed by atoms with Crippen LogP contribution in [0.5, 0.6) is 0 Å². The minimum atomic E-state index is 0.559. The van der Waals surface area contributed by atoms with E-state index in [1.807, 2.05) is 0 Å². The summed E-state index contributed by atoms with van der Waals surface area (Å²) in [5.41, 5.74) is 1.14. The molecule has 0 heteroatoms. The normalized spacial score (nSPS) is 50.9. The average Bonchev–Trinajstić information content (AvgIpc) is 2.15. The number of hydrogen-bond acceptors (Lipinski definition) is 0. The van der Waals surface area contributed by atoms with Gasteiger partial charge in [-0.2, -0.15) is 0 Å². The minimum Gasteiger partial charge on any atom is -0.103 e. The van der Waals surface area contributed by atoms with Crippen molar-refractivity contribution in [2.75, 3.05) is 0 Å². The Morgan fingerprint density at radius 2 is 1.93 bits per heavy atom. The molecule has 0 aromatic rings. The maximum absolute atomic E-state index is 4.02. The highest BCUT2D eigenvalue weighted by atomic mass is 14.6. The van der Waals surface area contributed by atoms with Gasteiger partial charge < -0.3 is 0 Å². The molecule has 0 saturated heterocycles. The highest BCUT2D eigenvalue weighted by molar-refractivity contribution is 5.09. The third-order valence-corrected chi connectivity index (χ3v) is 5.68. The number of rotatable bonds is 2. The molecule has 0 nitrogen and oxygen atoms in total. The van der Waals surface area contributed by atoms with Gasteiger partial charge in [0.15, 0.2) is 0 Å². The maximum Gasteiger partial charge on any atom is -0.0177 e. The Kier molecular flexibility index (Phi) is 2.73. The minimum absolute atomic E-state index is 0.559. The van der Waals surface area contributed by atoms with Crippen molar-refractivity contribution in [3.8, 4) is 0 Å². The van der Waals surface area contributed by atoms with Crippen LogP contribution in [0.15, 0.2) is 12.7 Å². The first-order valence-electron chi connectivity index (χ1n) is 6.64. The molecule has 0 bridgehead atoms. The molecule has 86 valence electrons. The smallest absolute Gasteiger partial charge is 0.0177 e. The summed E-state index contributed by atoms with van der Waals surface area (Å²) in [5.74, 6) is 1.72. The van der Waals surface area contributed by atoms with Crippen LogP contribution in [0.1, 0.15) is 59.3 Å². The molecule has 0 N–H and O–H groups in total. The van der Waals surface area contributed by atoms with Gasteiger partial charge in [-0.25, -0.2) is 0 Å². The first-order chi connectivity index (χ1) is 7.02. The molecule has 2 aliphatic rings. The van der Waals surface area contributed by atoms with Gasteiger partial charge in [0.2, 0.25) is 0 Å². The van der Waals surface area contributed by atoms with E-state index in [0.717, 1.165) is 11.8 Å². The largest absolute Gasteiger partial charge is 0.103 e. The van der Waals surface area contributed by atoms with Crippen molar-refractivity contribution in [3.63, 3.8) is 0 Å². The summed E-state index contributed by atoms with van der Waals surface area (Å²) >= 11 is 0. The van der Waals surface area contributed by atoms with Crippen LogP contribution >= 0.6 is 0 Å². The molecule has 0 spiro atoms. The van der Waals surface area contributed by atoms with Gasteiger partial charge in [0.25, 0.3) is 0 Å². The molecule has 15 heavy (non-hydrogen) atoms. The zero-order chi connectivity index (χ0) is 11.1. The van der Waals surface area contributed by atoms with E-state index >= 15 is 0 Å². The lowest BCUT2D eigenvalue weighted by atomic mass is 9.45. The van der Waals surface area contributed by atoms with Gasteiger partial charge in [0.1, 0.15) is 0 Å². The van der Waals surface area contributed by atoms with E-state index in [1.54, 1.807) is 0 Å². The molecular formula is C15H26. The maximum atomic E-state index is 4.02. The predicted molar refractivity (Wildman–Crippen MR) is 66.8 cm³/mol. The lowest BCUT2D eigenvalue weighted by Crippen LogP contribution is -2.51. The van der Waals surface area contributed by atoms with E-state index < -0.39 is 0 Å². The van der Waals surface area contributed by atoms with Gasteiger partial charge >= 0.3 is 0 Å². The average molecular weight is 206 g/mol. The summed E-state index contributed by atoms with van der Waals surface area (Å²) in [6, 6.07) is 0. The van der Waals surface area contributed by atoms with Gasteiger partial charge in [-0.1, -0.05) is 39.7 Å². The van der Waals surface area contributed by atoms with E-state index in [-0.39, 0.29) is 0 Å².